The van der Waals surface area contributed by atoms with Crippen LogP contribution in [0.2, 0.25) is 0 Å². The summed E-state index contributed by atoms with van der Waals surface area (Å²) in [5.74, 6) is 0.402. The first-order chi connectivity index (χ1) is 16.0. The first-order valence-electron chi connectivity index (χ1n) is 12.0. The van der Waals surface area contributed by atoms with Gasteiger partial charge in [0.15, 0.2) is 0 Å². The van der Waals surface area contributed by atoms with Crippen LogP contribution < -0.4 is 10.3 Å². The molecule has 34 heavy (non-hydrogen) atoms. The predicted molar refractivity (Wildman–Crippen MR) is 135 cm³/mol. The summed E-state index contributed by atoms with van der Waals surface area (Å²) in [5.41, 5.74) is 1.74. The van der Waals surface area contributed by atoms with Crippen molar-refractivity contribution in [2.24, 2.45) is 11.8 Å². The van der Waals surface area contributed by atoms with Crippen molar-refractivity contribution in [3.05, 3.63) is 63.7 Å². The molecule has 0 saturated carbocycles. The minimum atomic E-state index is -4.08. The number of rotatable bonds is 5. The Morgan fingerprint density at radius 1 is 1.03 bits per heavy atom. The third-order valence-electron chi connectivity index (χ3n) is 6.71. The summed E-state index contributed by atoms with van der Waals surface area (Å²) in [6.45, 7) is 11.9. The van der Waals surface area contributed by atoms with Gasteiger partial charge in [-0.25, -0.2) is 12.8 Å². The Labute approximate surface area is 201 Å². The zero-order valence-electron chi connectivity index (χ0n) is 20.6. The Kier molecular flexibility index (Phi) is 6.60. The molecule has 1 fully saturated rings. The van der Waals surface area contributed by atoms with E-state index in [-0.39, 0.29) is 15.2 Å². The quantitative estimate of drug-likeness (QED) is 0.481. The fourth-order valence-electron chi connectivity index (χ4n) is 5.21. The second-order valence-corrected chi connectivity index (χ2v) is 11.8. The van der Waals surface area contributed by atoms with Crippen LogP contribution in [0, 0.1) is 31.5 Å². The number of benzene rings is 2. The van der Waals surface area contributed by atoms with Crippen LogP contribution in [0.4, 0.5) is 10.1 Å². The second-order valence-electron chi connectivity index (χ2n) is 9.96. The predicted octanol–water partition coefficient (Wildman–Crippen LogP) is 5.48. The van der Waals surface area contributed by atoms with Crippen molar-refractivity contribution in [3.63, 3.8) is 0 Å². The van der Waals surface area contributed by atoms with Crippen LogP contribution >= 0.6 is 0 Å². The lowest BCUT2D eigenvalue weighted by Crippen LogP contribution is -2.39. The van der Waals surface area contributed by atoms with Gasteiger partial charge in [0.05, 0.1) is 21.5 Å². The van der Waals surface area contributed by atoms with Crippen molar-refractivity contribution in [1.82, 2.24) is 4.57 Å². The second kappa shape index (κ2) is 9.17. The molecule has 0 unspecified atom stereocenters. The van der Waals surface area contributed by atoms with Crippen LogP contribution in [0.5, 0.6) is 0 Å². The van der Waals surface area contributed by atoms with E-state index in [2.05, 4.69) is 18.7 Å². The molecule has 2 aromatic carbocycles. The number of aromatic nitrogens is 1. The molecule has 182 valence electrons. The molecule has 1 saturated heterocycles. The average molecular weight is 485 g/mol. The molecule has 5 nitrogen and oxygen atoms in total. The highest BCUT2D eigenvalue weighted by molar-refractivity contribution is 7.91. The van der Waals surface area contributed by atoms with Crippen molar-refractivity contribution in [1.29, 1.82) is 0 Å². The topological polar surface area (TPSA) is 59.4 Å². The summed E-state index contributed by atoms with van der Waals surface area (Å²) in [6, 6.07) is 8.11. The van der Waals surface area contributed by atoms with Gasteiger partial charge in [-0.3, -0.25) is 4.79 Å². The van der Waals surface area contributed by atoms with Gasteiger partial charge in [0, 0.05) is 25.8 Å². The van der Waals surface area contributed by atoms with E-state index in [1.54, 1.807) is 29.7 Å². The molecule has 2 heterocycles. The first-order valence-corrected chi connectivity index (χ1v) is 13.4. The van der Waals surface area contributed by atoms with Gasteiger partial charge in [-0.15, -0.1) is 0 Å². The highest BCUT2D eigenvalue weighted by Gasteiger charge is 2.28. The molecule has 0 spiro atoms. The third-order valence-corrected chi connectivity index (χ3v) is 8.60. The average Bonchev–Trinajstić information content (AvgIpc) is 2.76. The van der Waals surface area contributed by atoms with E-state index in [0.717, 1.165) is 31.5 Å². The van der Waals surface area contributed by atoms with E-state index in [1.807, 2.05) is 19.9 Å². The molecular formula is C27H33FN2O3S. The van der Waals surface area contributed by atoms with Crippen LogP contribution in [-0.2, 0) is 16.4 Å². The number of aryl methyl sites for hydroxylation is 3. The molecule has 2 atom stereocenters. The fourth-order valence-corrected chi connectivity index (χ4v) is 6.90. The van der Waals surface area contributed by atoms with Gasteiger partial charge in [0.2, 0.25) is 15.3 Å². The Morgan fingerprint density at radius 2 is 1.71 bits per heavy atom. The number of hydrogen-bond donors (Lipinski definition) is 0. The molecule has 0 amide bonds. The van der Waals surface area contributed by atoms with Gasteiger partial charge >= 0.3 is 0 Å². The molecule has 3 aromatic rings. The number of nitrogens with zero attached hydrogens (tertiary/aromatic N) is 2. The lowest BCUT2D eigenvalue weighted by atomic mass is 9.91. The van der Waals surface area contributed by atoms with Gasteiger partial charge in [0.25, 0.3) is 0 Å². The summed E-state index contributed by atoms with van der Waals surface area (Å²) in [4.78, 5) is 15.3. The van der Waals surface area contributed by atoms with Gasteiger partial charge in [-0.1, -0.05) is 32.9 Å². The fraction of sp³-hybridized carbons (Fsp3) is 0.444. The zero-order valence-corrected chi connectivity index (χ0v) is 21.4. The number of anilines is 1. The zero-order chi connectivity index (χ0) is 24.8. The van der Waals surface area contributed by atoms with Crippen molar-refractivity contribution in [3.8, 4) is 0 Å². The SMILES string of the molecule is CCCn1cc(S(=O)(=O)c2cc(C)ccc2C)c(=O)c2cc(F)c(N3C[C@H](C)C[C@@H](C)C3)cc21. The number of halogens is 1. The van der Waals surface area contributed by atoms with Crippen molar-refractivity contribution >= 4 is 26.4 Å². The molecule has 1 aromatic heterocycles. The largest absolute Gasteiger partial charge is 0.369 e. The van der Waals surface area contributed by atoms with Gasteiger partial charge in [-0.05, 0) is 67.9 Å². The Morgan fingerprint density at radius 3 is 2.35 bits per heavy atom. The highest BCUT2D eigenvalue weighted by Crippen LogP contribution is 2.32. The summed E-state index contributed by atoms with van der Waals surface area (Å²) >= 11 is 0. The molecule has 0 aliphatic carbocycles. The van der Waals surface area contributed by atoms with Crippen LogP contribution in [0.1, 0.15) is 44.7 Å². The van der Waals surface area contributed by atoms with Gasteiger partial charge in [0.1, 0.15) is 10.7 Å². The highest BCUT2D eigenvalue weighted by atomic mass is 32.2. The van der Waals surface area contributed by atoms with Crippen LogP contribution in [0.25, 0.3) is 10.9 Å². The molecule has 0 radical (unpaired) electrons. The van der Waals surface area contributed by atoms with E-state index in [4.69, 9.17) is 0 Å². The summed E-state index contributed by atoms with van der Waals surface area (Å²) in [6.07, 6.45) is 3.28. The van der Waals surface area contributed by atoms with Crippen molar-refractivity contribution in [2.45, 2.75) is 63.8 Å². The molecule has 1 aliphatic heterocycles. The minimum absolute atomic E-state index is 0.0965. The number of piperidine rings is 1. The molecular weight excluding hydrogens is 451 g/mol. The van der Waals surface area contributed by atoms with E-state index in [9.17, 15) is 13.2 Å². The molecule has 7 heteroatoms. The number of fused-ring (bicyclic) bond motifs is 1. The molecule has 4 rings (SSSR count). The van der Waals surface area contributed by atoms with Crippen molar-refractivity contribution < 1.29 is 12.8 Å². The first kappa shape index (κ1) is 24.5. The van der Waals surface area contributed by atoms with Gasteiger partial charge < -0.3 is 9.47 Å². The normalized spacial score (nSPS) is 19.1. The molecule has 1 aliphatic rings. The lowest BCUT2D eigenvalue weighted by molar-refractivity contribution is 0.354. The Hall–Kier alpha value is -2.67. The monoisotopic (exact) mass is 484 g/mol. The number of sulfone groups is 1. The minimum Gasteiger partial charge on any atom is -0.369 e. The number of hydrogen-bond acceptors (Lipinski definition) is 4. The third kappa shape index (κ3) is 4.38. The number of pyridine rings is 1. The Bertz CT molecular complexity index is 1400. The maximum Gasteiger partial charge on any atom is 0.212 e. The maximum absolute atomic E-state index is 15.4. The van der Waals surface area contributed by atoms with Gasteiger partial charge in [-0.2, -0.15) is 0 Å². The van der Waals surface area contributed by atoms with Crippen LogP contribution in [0.15, 0.2) is 51.1 Å². The molecule has 0 N–H and O–H groups in total. The van der Waals surface area contributed by atoms with Crippen LogP contribution in [-0.4, -0.2) is 26.1 Å². The Balaban J connectivity index is 1.94. The smallest absolute Gasteiger partial charge is 0.212 e. The van der Waals surface area contributed by atoms with Crippen LogP contribution in [0.3, 0.4) is 0 Å². The standard InChI is InChI=1S/C27H33FN2O3S/c1-6-9-29-16-26(34(32,33)25-11-17(2)7-8-20(25)5)27(31)21-12-22(28)24(13-23(21)29)30-14-18(3)10-19(4)15-30/h7-8,11-13,16,18-19H,6,9-10,14-15H2,1-5H3/t18-,19-/m1/s1. The summed E-state index contributed by atoms with van der Waals surface area (Å²) in [5, 5.41) is 0.0965. The maximum atomic E-state index is 15.4. The lowest BCUT2D eigenvalue weighted by Gasteiger charge is -2.37. The van der Waals surface area contributed by atoms with E-state index < -0.39 is 21.1 Å². The van der Waals surface area contributed by atoms with E-state index >= 15 is 4.39 Å². The van der Waals surface area contributed by atoms with E-state index in [0.29, 0.717) is 35.1 Å². The van der Waals surface area contributed by atoms with Crippen molar-refractivity contribution in [2.75, 3.05) is 18.0 Å². The summed E-state index contributed by atoms with van der Waals surface area (Å²) < 4.78 is 44.3. The summed E-state index contributed by atoms with van der Waals surface area (Å²) in [7, 11) is -4.08. The van der Waals surface area contributed by atoms with E-state index in [1.165, 1.54) is 12.3 Å². The molecule has 0 bridgehead atoms.